The zero-order valence-corrected chi connectivity index (χ0v) is 9.94. The quantitative estimate of drug-likeness (QED) is 0.626. The van der Waals surface area contributed by atoms with Gasteiger partial charge in [-0.2, -0.15) is 0 Å². The Hall–Kier alpha value is -0.810. The van der Waals surface area contributed by atoms with E-state index in [1.165, 1.54) is 0 Å². The summed E-state index contributed by atoms with van der Waals surface area (Å²) < 4.78 is 0. The Bertz CT molecular complexity index is 292. The minimum Gasteiger partial charge on any atom is -0.354 e. The third-order valence-electron chi connectivity index (χ3n) is 3.08. The second-order valence-electron chi connectivity index (χ2n) is 4.47. The summed E-state index contributed by atoms with van der Waals surface area (Å²) in [6.07, 6.45) is 4.11. The number of nitrogens with two attached hydrogens (primary N) is 1. The van der Waals surface area contributed by atoms with Crippen molar-refractivity contribution in [2.75, 3.05) is 6.54 Å². The first-order valence-corrected chi connectivity index (χ1v) is 5.49. The highest BCUT2D eigenvalue weighted by Crippen LogP contribution is 2.32. The third-order valence-corrected chi connectivity index (χ3v) is 3.08. The Morgan fingerprint density at radius 1 is 1.44 bits per heavy atom. The van der Waals surface area contributed by atoms with Crippen LogP contribution in [-0.2, 0) is 9.59 Å². The number of amides is 2. The monoisotopic (exact) mass is 247 g/mol. The summed E-state index contributed by atoms with van der Waals surface area (Å²) in [6, 6.07) is -0.388. The molecule has 2 amide bonds. The second kappa shape index (κ2) is 5.01. The van der Waals surface area contributed by atoms with Gasteiger partial charge in [0.05, 0.1) is 5.54 Å². The maximum atomic E-state index is 11.6. The Kier molecular flexibility index (Phi) is 4.15. The van der Waals surface area contributed by atoms with Crippen molar-refractivity contribution in [1.82, 2.24) is 10.6 Å². The summed E-state index contributed by atoms with van der Waals surface area (Å²) in [4.78, 5) is 23.2. The van der Waals surface area contributed by atoms with Gasteiger partial charge >= 0.3 is 0 Å². The molecule has 0 aromatic heterocycles. The first-order chi connectivity index (χ1) is 7.12. The van der Waals surface area contributed by atoms with Crippen molar-refractivity contribution in [3.63, 3.8) is 0 Å². The second-order valence-corrected chi connectivity index (χ2v) is 4.47. The van der Waals surface area contributed by atoms with Crippen LogP contribution >= 0.6 is 12.4 Å². The van der Waals surface area contributed by atoms with Crippen molar-refractivity contribution in [2.24, 2.45) is 5.73 Å². The van der Waals surface area contributed by atoms with Gasteiger partial charge in [-0.1, -0.05) is 0 Å². The summed E-state index contributed by atoms with van der Waals surface area (Å²) in [5.41, 5.74) is 5.06. The fraction of sp³-hybridized carbons (Fsp3) is 0.800. The summed E-state index contributed by atoms with van der Waals surface area (Å²) in [5, 5.41) is 5.51. The van der Waals surface area contributed by atoms with Gasteiger partial charge in [-0.15, -0.1) is 12.4 Å². The van der Waals surface area contributed by atoms with Crippen LogP contribution in [0.2, 0.25) is 0 Å². The average Bonchev–Trinajstić information content (AvgIpc) is 2.96. The molecule has 1 aliphatic heterocycles. The smallest absolute Gasteiger partial charge is 0.242 e. The maximum absolute atomic E-state index is 11.6. The van der Waals surface area contributed by atoms with Crippen molar-refractivity contribution in [3.05, 3.63) is 0 Å². The lowest BCUT2D eigenvalue weighted by molar-refractivity contribution is -0.129. The van der Waals surface area contributed by atoms with Gasteiger partial charge in [-0.3, -0.25) is 9.59 Å². The molecule has 0 aromatic carbocycles. The third kappa shape index (κ3) is 2.86. The molecule has 1 heterocycles. The lowest BCUT2D eigenvalue weighted by Crippen LogP contribution is -2.52. The van der Waals surface area contributed by atoms with E-state index in [0.717, 1.165) is 25.7 Å². The largest absolute Gasteiger partial charge is 0.354 e. The predicted octanol–water partition coefficient (Wildman–Crippen LogP) is -0.316. The van der Waals surface area contributed by atoms with Gasteiger partial charge in [0.25, 0.3) is 0 Å². The van der Waals surface area contributed by atoms with E-state index in [-0.39, 0.29) is 30.3 Å². The van der Waals surface area contributed by atoms with Crippen LogP contribution in [0.4, 0.5) is 0 Å². The van der Waals surface area contributed by atoms with Crippen molar-refractivity contribution in [1.29, 1.82) is 0 Å². The van der Waals surface area contributed by atoms with Gasteiger partial charge < -0.3 is 16.4 Å². The Labute approximate surface area is 101 Å². The molecule has 2 rings (SSSR count). The van der Waals surface area contributed by atoms with Gasteiger partial charge in [0.2, 0.25) is 11.8 Å². The molecule has 1 atom stereocenters. The molecule has 4 N–H and O–H groups in total. The van der Waals surface area contributed by atoms with Gasteiger partial charge in [0.1, 0.15) is 6.04 Å². The number of carbonyl (C=O) groups is 2. The standard InChI is InChI=1S/C10H17N3O2.ClH/c11-10(4-5-10)9(15)13-7-3-1-2-6-12-8(7)14;/h7H,1-6,11H2,(H,12,14)(H,13,15);1H. The molecule has 2 aliphatic rings. The van der Waals surface area contributed by atoms with E-state index in [9.17, 15) is 9.59 Å². The summed E-state index contributed by atoms with van der Waals surface area (Å²) >= 11 is 0. The number of rotatable bonds is 2. The molecule has 0 spiro atoms. The molecule has 0 radical (unpaired) electrons. The molecule has 2 fully saturated rings. The van der Waals surface area contributed by atoms with Gasteiger partial charge in [0.15, 0.2) is 0 Å². The summed E-state index contributed by atoms with van der Waals surface area (Å²) in [6.45, 7) is 0.707. The molecule has 92 valence electrons. The molecular weight excluding hydrogens is 230 g/mol. The predicted molar refractivity (Wildman–Crippen MR) is 62.2 cm³/mol. The number of carbonyl (C=O) groups excluding carboxylic acids is 2. The van der Waals surface area contributed by atoms with E-state index in [2.05, 4.69) is 10.6 Å². The van der Waals surface area contributed by atoms with Crippen LogP contribution in [0, 0.1) is 0 Å². The van der Waals surface area contributed by atoms with Crippen LogP contribution in [0.1, 0.15) is 32.1 Å². The topological polar surface area (TPSA) is 84.2 Å². The molecule has 0 bridgehead atoms. The number of halogens is 1. The lowest BCUT2D eigenvalue weighted by Gasteiger charge is -2.17. The molecule has 16 heavy (non-hydrogen) atoms. The first-order valence-electron chi connectivity index (χ1n) is 5.49. The molecule has 5 nitrogen and oxygen atoms in total. The van der Waals surface area contributed by atoms with Crippen molar-refractivity contribution >= 4 is 24.2 Å². The van der Waals surface area contributed by atoms with Crippen LogP contribution in [0.25, 0.3) is 0 Å². The highest BCUT2D eigenvalue weighted by molar-refractivity contribution is 5.93. The lowest BCUT2D eigenvalue weighted by atomic mass is 10.1. The zero-order valence-electron chi connectivity index (χ0n) is 9.12. The van der Waals surface area contributed by atoms with Gasteiger partial charge in [-0.25, -0.2) is 0 Å². The first kappa shape index (κ1) is 13.3. The fourth-order valence-corrected chi connectivity index (χ4v) is 1.74. The molecule has 0 aromatic rings. The Morgan fingerprint density at radius 3 is 2.75 bits per heavy atom. The van der Waals surface area contributed by atoms with Gasteiger partial charge in [-0.05, 0) is 32.1 Å². The Morgan fingerprint density at radius 2 is 2.12 bits per heavy atom. The number of nitrogens with one attached hydrogen (secondary N) is 2. The van der Waals surface area contributed by atoms with E-state index < -0.39 is 5.54 Å². The average molecular weight is 248 g/mol. The highest BCUT2D eigenvalue weighted by atomic mass is 35.5. The van der Waals surface area contributed by atoms with Gasteiger partial charge in [0, 0.05) is 6.54 Å². The SMILES string of the molecule is Cl.NC1(C(=O)NC2CCCCNC2=O)CC1. The molecular formula is C10H18ClN3O2. The minimum atomic E-state index is -0.688. The van der Waals surface area contributed by atoms with E-state index in [4.69, 9.17) is 5.73 Å². The molecule has 1 saturated carbocycles. The van der Waals surface area contributed by atoms with Crippen LogP contribution in [0.3, 0.4) is 0 Å². The van der Waals surface area contributed by atoms with Crippen LogP contribution in [0.15, 0.2) is 0 Å². The molecule has 1 aliphatic carbocycles. The van der Waals surface area contributed by atoms with E-state index in [1.54, 1.807) is 0 Å². The zero-order chi connectivity index (χ0) is 10.9. The van der Waals surface area contributed by atoms with Crippen molar-refractivity contribution < 1.29 is 9.59 Å². The number of hydrogen-bond donors (Lipinski definition) is 3. The molecule has 1 unspecified atom stereocenters. The molecule has 6 heteroatoms. The van der Waals surface area contributed by atoms with Crippen molar-refractivity contribution in [2.45, 2.75) is 43.7 Å². The maximum Gasteiger partial charge on any atom is 0.242 e. The summed E-state index contributed by atoms with van der Waals surface area (Å²) in [7, 11) is 0. The van der Waals surface area contributed by atoms with Crippen LogP contribution < -0.4 is 16.4 Å². The normalized spacial score (nSPS) is 27.1. The fourth-order valence-electron chi connectivity index (χ4n) is 1.74. The molecule has 1 saturated heterocycles. The van der Waals surface area contributed by atoms with Crippen molar-refractivity contribution in [3.8, 4) is 0 Å². The van der Waals surface area contributed by atoms with E-state index in [1.807, 2.05) is 0 Å². The Balaban J connectivity index is 0.00000128. The minimum absolute atomic E-state index is 0. The number of hydrogen-bond acceptors (Lipinski definition) is 3. The summed E-state index contributed by atoms with van der Waals surface area (Å²) in [5.74, 6) is -0.255. The van der Waals surface area contributed by atoms with E-state index in [0.29, 0.717) is 13.0 Å². The van der Waals surface area contributed by atoms with E-state index >= 15 is 0 Å². The van der Waals surface area contributed by atoms with Crippen LogP contribution in [0.5, 0.6) is 0 Å². The van der Waals surface area contributed by atoms with Crippen LogP contribution in [-0.4, -0.2) is 29.9 Å². The highest BCUT2D eigenvalue weighted by Gasteiger charge is 2.46.